The highest BCUT2D eigenvalue weighted by molar-refractivity contribution is 6.30. The molecule has 1 aromatic heterocycles. The van der Waals surface area contributed by atoms with E-state index in [4.69, 9.17) is 16.1 Å². The summed E-state index contributed by atoms with van der Waals surface area (Å²) in [7, 11) is 0. The molecule has 0 unspecified atom stereocenters. The van der Waals surface area contributed by atoms with Crippen molar-refractivity contribution in [3.05, 3.63) is 35.2 Å². The summed E-state index contributed by atoms with van der Waals surface area (Å²) in [4.78, 5) is 9.35. The van der Waals surface area contributed by atoms with Crippen molar-refractivity contribution >= 4 is 11.6 Å². The van der Waals surface area contributed by atoms with E-state index in [0.29, 0.717) is 16.7 Å². The standard InChI is InChI=1S/C16H21ClN4O/c1-2-7-20-8-10-21(11-9-20)12-15-18-16(19-22-15)13-3-5-14(17)6-4-13/h3-6H,2,7-12H2,1H3. The smallest absolute Gasteiger partial charge is 0.241 e. The van der Waals surface area contributed by atoms with Crippen LogP contribution in [0, 0.1) is 0 Å². The molecule has 0 saturated carbocycles. The van der Waals surface area contributed by atoms with Gasteiger partial charge >= 0.3 is 0 Å². The van der Waals surface area contributed by atoms with Crippen LogP contribution in [-0.2, 0) is 6.54 Å². The second-order valence-electron chi connectivity index (χ2n) is 5.64. The summed E-state index contributed by atoms with van der Waals surface area (Å²) in [5.41, 5.74) is 0.923. The number of halogens is 1. The molecule has 0 N–H and O–H groups in total. The maximum Gasteiger partial charge on any atom is 0.241 e. The molecule has 5 nitrogen and oxygen atoms in total. The van der Waals surface area contributed by atoms with Crippen LogP contribution < -0.4 is 0 Å². The van der Waals surface area contributed by atoms with Crippen molar-refractivity contribution in [3.63, 3.8) is 0 Å². The first-order chi connectivity index (χ1) is 10.7. The summed E-state index contributed by atoms with van der Waals surface area (Å²) >= 11 is 5.89. The van der Waals surface area contributed by atoms with Crippen LogP contribution in [0.3, 0.4) is 0 Å². The topological polar surface area (TPSA) is 45.4 Å². The Labute approximate surface area is 135 Å². The molecule has 0 radical (unpaired) electrons. The number of aromatic nitrogens is 2. The van der Waals surface area contributed by atoms with Gasteiger partial charge in [0.15, 0.2) is 0 Å². The van der Waals surface area contributed by atoms with Gasteiger partial charge in [0.1, 0.15) is 0 Å². The summed E-state index contributed by atoms with van der Waals surface area (Å²) < 4.78 is 5.38. The minimum atomic E-state index is 0.622. The Hall–Kier alpha value is -1.43. The number of nitrogens with zero attached hydrogens (tertiary/aromatic N) is 4. The lowest BCUT2D eigenvalue weighted by molar-refractivity contribution is 0.117. The number of hydrogen-bond donors (Lipinski definition) is 0. The predicted molar refractivity (Wildman–Crippen MR) is 86.8 cm³/mol. The van der Waals surface area contributed by atoms with E-state index in [0.717, 1.165) is 38.3 Å². The Morgan fingerprint density at radius 3 is 2.45 bits per heavy atom. The lowest BCUT2D eigenvalue weighted by Gasteiger charge is -2.33. The fraction of sp³-hybridized carbons (Fsp3) is 0.500. The Morgan fingerprint density at radius 2 is 1.77 bits per heavy atom. The summed E-state index contributed by atoms with van der Waals surface area (Å²) in [5.74, 6) is 1.30. The Kier molecular flexibility index (Phi) is 5.08. The molecule has 6 heteroatoms. The van der Waals surface area contributed by atoms with Crippen LogP contribution in [-0.4, -0.2) is 52.7 Å². The molecule has 0 amide bonds. The number of benzene rings is 1. The predicted octanol–water partition coefficient (Wildman–Crippen LogP) is 2.92. The molecule has 1 aromatic carbocycles. The van der Waals surface area contributed by atoms with Crippen molar-refractivity contribution in [2.45, 2.75) is 19.9 Å². The van der Waals surface area contributed by atoms with E-state index in [-0.39, 0.29) is 0 Å². The molecule has 1 aliphatic rings. The van der Waals surface area contributed by atoms with Gasteiger partial charge in [-0.25, -0.2) is 0 Å². The summed E-state index contributed by atoms with van der Waals surface area (Å²) in [6.07, 6.45) is 1.22. The van der Waals surface area contributed by atoms with E-state index in [1.165, 1.54) is 13.0 Å². The minimum absolute atomic E-state index is 0.622. The number of hydrogen-bond acceptors (Lipinski definition) is 5. The van der Waals surface area contributed by atoms with Gasteiger partial charge in [-0.2, -0.15) is 4.98 Å². The molecular weight excluding hydrogens is 300 g/mol. The molecule has 2 aromatic rings. The Morgan fingerprint density at radius 1 is 1.09 bits per heavy atom. The fourth-order valence-electron chi connectivity index (χ4n) is 2.71. The van der Waals surface area contributed by atoms with Gasteiger partial charge in [0.25, 0.3) is 0 Å². The first-order valence-electron chi connectivity index (χ1n) is 7.78. The molecule has 1 saturated heterocycles. The van der Waals surface area contributed by atoms with E-state index in [1.54, 1.807) is 0 Å². The minimum Gasteiger partial charge on any atom is -0.338 e. The highest BCUT2D eigenvalue weighted by Gasteiger charge is 2.18. The van der Waals surface area contributed by atoms with Gasteiger partial charge in [-0.3, -0.25) is 4.90 Å². The van der Waals surface area contributed by atoms with Crippen LogP contribution in [0.4, 0.5) is 0 Å². The average Bonchev–Trinajstić information content (AvgIpc) is 2.99. The molecule has 0 spiro atoms. The Bertz CT molecular complexity index is 590. The third kappa shape index (κ3) is 3.85. The van der Waals surface area contributed by atoms with Crippen molar-refractivity contribution in [1.82, 2.24) is 19.9 Å². The third-order valence-electron chi connectivity index (χ3n) is 3.93. The third-order valence-corrected chi connectivity index (χ3v) is 4.19. The van der Waals surface area contributed by atoms with E-state index in [2.05, 4.69) is 26.9 Å². The van der Waals surface area contributed by atoms with Crippen LogP contribution in [0.15, 0.2) is 28.8 Å². The first-order valence-corrected chi connectivity index (χ1v) is 8.15. The molecule has 0 atom stereocenters. The summed E-state index contributed by atoms with van der Waals surface area (Å²) in [5, 5.41) is 4.77. The molecular formula is C16H21ClN4O. The zero-order chi connectivity index (χ0) is 15.4. The summed E-state index contributed by atoms with van der Waals surface area (Å²) in [6, 6.07) is 7.47. The van der Waals surface area contributed by atoms with Gasteiger partial charge in [0.05, 0.1) is 6.54 Å². The van der Waals surface area contributed by atoms with E-state index >= 15 is 0 Å². The number of rotatable bonds is 5. The molecule has 22 heavy (non-hydrogen) atoms. The van der Waals surface area contributed by atoms with Crippen LogP contribution in [0.1, 0.15) is 19.2 Å². The average molecular weight is 321 g/mol. The molecule has 3 rings (SSSR count). The van der Waals surface area contributed by atoms with Gasteiger partial charge < -0.3 is 9.42 Å². The first kappa shape index (κ1) is 15.5. The van der Waals surface area contributed by atoms with Crippen molar-refractivity contribution < 1.29 is 4.52 Å². The molecule has 0 bridgehead atoms. The fourth-order valence-corrected chi connectivity index (χ4v) is 2.84. The highest BCUT2D eigenvalue weighted by Crippen LogP contribution is 2.19. The highest BCUT2D eigenvalue weighted by atomic mass is 35.5. The van der Waals surface area contributed by atoms with Crippen molar-refractivity contribution in [2.75, 3.05) is 32.7 Å². The van der Waals surface area contributed by atoms with Crippen molar-refractivity contribution in [3.8, 4) is 11.4 Å². The summed E-state index contributed by atoms with van der Waals surface area (Å²) in [6.45, 7) is 8.48. The van der Waals surface area contributed by atoms with Crippen LogP contribution >= 0.6 is 11.6 Å². The van der Waals surface area contributed by atoms with Crippen LogP contribution in [0.2, 0.25) is 5.02 Å². The van der Waals surface area contributed by atoms with Gasteiger partial charge in [0.2, 0.25) is 11.7 Å². The molecule has 0 aliphatic carbocycles. The van der Waals surface area contributed by atoms with Gasteiger partial charge in [-0.05, 0) is 37.2 Å². The van der Waals surface area contributed by atoms with E-state index < -0.39 is 0 Å². The van der Waals surface area contributed by atoms with E-state index in [1.807, 2.05) is 24.3 Å². The van der Waals surface area contributed by atoms with Crippen molar-refractivity contribution in [1.29, 1.82) is 0 Å². The lowest BCUT2D eigenvalue weighted by Crippen LogP contribution is -2.46. The maximum absolute atomic E-state index is 5.89. The van der Waals surface area contributed by atoms with E-state index in [9.17, 15) is 0 Å². The zero-order valence-electron chi connectivity index (χ0n) is 12.8. The molecule has 118 valence electrons. The van der Waals surface area contributed by atoms with Gasteiger partial charge in [-0.1, -0.05) is 23.7 Å². The maximum atomic E-state index is 5.89. The normalized spacial score (nSPS) is 17.0. The largest absolute Gasteiger partial charge is 0.338 e. The van der Waals surface area contributed by atoms with Crippen LogP contribution in [0.25, 0.3) is 11.4 Å². The Balaban J connectivity index is 1.57. The van der Waals surface area contributed by atoms with Gasteiger partial charge in [0, 0.05) is 36.8 Å². The second-order valence-corrected chi connectivity index (χ2v) is 6.07. The second kappa shape index (κ2) is 7.22. The SMILES string of the molecule is CCCN1CCN(Cc2nc(-c3ccc(Cl)cc3)no2)CC1. The van der Waals surface area contributed by atoms with Crippen LogP contribution in [0.5, 0.6) is 0 Å². The molecule has 1 fully saturated rings. The molecule has 1 aliphatic heterocycles. The van der Waals surface area contributed by atoms with Gasteiger partial charge in [-0.15, -0.1) is 0 Å². The zero-order valence-corrected chi connectivity index (χ0v) is 13.6. The monoisotopic (exact) mass is 320 g/mol. The quantitative estimate of drug-likeness (QED) is 0.847. The molecule has 2 heterocycles. The lowest BCUT2D eigenvalue weighted by atomic mass is 10.2. The van der Waals surface area contributed by atoms with Crippen molar-refractivity contribution in [2.24, 2.45) is 0 Å². The number of piperazine rings is 1.